The minimum Gasteiger partial charge on any atom is -0.371 e. The first-order chi connectivity index (χ1) is 7.24. The van der Waals surface area contributed by atoms with Crippen molar-refractivity contribution in [3.63, 3.8) is 0 Å². The number of carbonyl (C=O) groups is 1. The Balaban J connectivity index is 2.68. The fourth-order valence-electron chi connectivity index (χ4n) is 1.65. The summed E-state index contributed by atoms with van der Waals surface area (Å²) in [4.78, 5) is 25.8. The van der Waals surface area contributed by atoms with Gasteiger partial charge < -0.3 is 9.88 Å². The SMILES string of the molecule is O=Cc1c2n(c(Cl)nc1=O)CCCCN2. The van der Waals surface area contributed by atoms with Crippen LogP contribution in [0.5, 0.6) is 0 Å². The second-order valence-electron chi connectivity index (χ2n) is 3.35. The second kappa shape index (κ2) is 4.02. The highest BCUT2D eigenvalue weighted by Crippen LogP contribution is 2.19. The molecule has 2 rings (SSSR count). The fourth-order valence-corrected chi connectivity index (χ4v) is 1.89. The van der Waals surface area contributed by atoms with Crippen molar-refractivity contribution in [2.24, 2.45) is 0 Å². The Morgan fingerprint density at radius 1 is 1.47 bits per heavy atom. The molecule has 1 aromatic rings. The van der Waals surface area contributed by atoms with E-state index in [1.807, 2.05) is 0 Å². The van der Waals surface area contributed by atoms with Gasteiger partial charge in [0.25, 0.3) is 5.56 Å². The summed E-state index contributed by atoms with van der Waals surface area (Å²) in [6.45, 7) is 1.41. The van der Waals surface area contributed by atoms with E-state index in [0.29, 0.717) is 18.6 Å². The van der Waals surface area contributed by atoms with Gasteiger partial charge in [-0.2, -0.15) is 4.98 Å². The molecule has 5 nitrogen and oxygen atoms in total. The van der Waals surface area contributed by atoms with Crippen LogP contribution in [0.2, 0.25) is 5.28 Å². The number of hydrogen-bond acceptors (Lipinski definition) is 4. The second-order valence-corrected chi connectivity index (χ2v) is 3.69. The van der Waals surface area contributed by atoms with Gasteiger partial charge in [0, 0.05) is 13.1 Å². The van der Waals surface area contributed by atoms with Crippen LogP contribution >= 0.6 is 11.6 Å². The van der Waals surface area contributed by atoms with Gasteiger partial charge in [0.2, 0.25) is 5.28 Å². The van der Waals surface area contributed by atoms with Crippen molar-refractivity contribution in [3.05, 3.63) is 21.2 Å². The molecule has 0 amide bonds. The molecule has 0 saturated heterocycles. The molecule has 0 radical (unpaired) electrons. The lowest BCUT2D eigenvalue weighted by atomic mass is 10.3. The highest BCUT2D eigenvalue weighted by Gasteiger charge is 2.16. The molecule has 1 aliphatic rings. The van der Waals surface area contributed by atoms with Crippen LogP contribution in [-0.2, 0) is 6.54 Å². The predicted octanol–water partition coefficient (Wildman–Crippen LogP) is 0.915. The van der Waals surface area contributed by atoms with E-state index in [9.17, 15) is 9.59 Å². The van der Waals surface area contributed by atoms with Crippen molar-refractivity contribution in [3.8, 4) is 0 Å². The van der Waals surface area contributed by atoms with Crippen LogP contribution in [0.4, 0.5) is 5.82 Å². The number of hydrogen-bond donors (Lipinski definition) is 1. The zero-order valence-electron chi connectivity index (χ0n) is 7.99. The number of halogens is 1. The third kappa shape index (κ3) is 1.74. The van der Waals surface area contributed by atoms with Crippen LogP contribution in [0.25, 0.3) is 0 Å². The van der Waals surface area contributed by atoms with E-state index in [2.05, 4.69) is 10.3 Å². The van der Waals surface area contributed by atoms with Gasteiger partial charge in [0.05, 0.1) is 0 Å². The summed E-state index contributed by atoms with van der Waals surface area (Å²) in [5, 5.41) is 3.17. The van der Waals surface area contributed by atoms with Crippen LogP contribution in [-0.4, -0.2) is 22.4 Å². The summed E-state index contributed by atoms with van der Waals surface area (Å²) in [6, 6.07) is 0. The lowest BCUT2D eigenvalue weighted by molar-refractivity contribution is 0.112. The number of nitrogens with one attached hydrogen (secondary N) is 1. The van der Waals surface area contributed by atoms with Gasteiger partial charge in [0.15, 0.2) is 6.29 Å². The van der Waals surface area contributed by atoms with Gasteiger partial charge >= 0.3 is 0 Å². The maximum Gasteiger partial charge on any atom is 0.286 e. The fraction of sp³-hybridized carbons (Fsp3) is 0.444. The molecule has 1 aliphatic heterocycles. The molecule has 80 valence electrons. The summed E-state index contributed by atoms with van der Waals surface area (Å²) >= 11 is 5.84. The molecule has 1 aromatic heterocycles. The number of nitrogens with zero attached hydrogens (tertiary/aromatic N) is 2. The van der Waals surface area contributed by atoms with E-state index in [4.69, 9.17) is 11.6 Å². The Morgan fingerprint density at radius 3 is 3.00 bits per heavy atom. The average molecular weight is 228 g/mol. The van der Waals surface area contributed by atoms with Crippen LogP contribution in [0.15, 0.2) is 4.79 Å². The molecule has 0 bridgehead atoms. The first-order valence-corrected chi connectivity index (χ1v) is 5.11. The molecule has 1 N–H and O–H groups in total. The summed E-state index contributed by atoms with van der Waals surface area (Å²) < 4.78 is 1.67. The van der Waals surface area contributed by atoms with Crippen molar-refractivity contribution in [2.75, 3.05) is 11.9 Å². The zero-order chi connectivity index (χ0) is 10.8. The third-order valence-electron chi connectivity index (χ3n) is 2.39. The van der Waals surface area contributed by atoms with Gasteiger partial charge in [-0.1, -0.05) is 0 Å². The molecule has 0 fully saturated rings. The third-order valence-corrected chi connectivity index (χ3v) is 2.68. The van der Waals surface area contributed by atoms with E-state index in [-0.39, 0.29) is 10.8 Å². The van der Waals surface area contributed by atoms with Gasteiger partial charge in [-0.05, 0) is 24.4 Å². The molecule has 0 spiro atoms. The topological polar surface area (TPSA) is 64.0 Å². The molecular formula is C9H10ClN3O2. The number of carbonyl (C=O) groups excluding carboxylic acids is 1. The minimum absolute atomic E-state index is 0.0568. The first kappa shape index (κ1) is 10.2. The molecule has 0 unspecified atom stereocenters. The maximum atomic E-state index is 11.4. The largest absolute Gasteiger partial charge is 0.371 e. The van der Waals surface area contributed by atoms with E-state index < -0.39 is 5.56 Å². The number of rotatable bonds is 1. The molecule has 2 heterocycles. The lowest BCUT2D eigenvalue weighted by Gasteiger charge is -2.13. The number of aromatic nitrogens is 2. The molecule has 6 heteroatoms. The molecule has 0 saturated carbocycles. The minimum atomic E-state index is -0.573. The number of anilines is 1. The average Bonchev–Trinajstić information content (AvgIpc) is 2.44. The molecular weight excluding hydrogens is 218 g/mol. The Morgan fingerprint density at radius 2 is 2.27 bits per heavy atom. The van der Waals surface area contributed by atoms with Crippen LogP contribution in [0.1, 0.15) is 23.2 Å². The van der Waals surface area contributed by atoms with Crippen molar-refractivity contribution >= 4 is 23.7 Å². The summed E-state index contributed by atoms with van der Waals surface area (Å²) in [7, 11) is 0. The molecule has 15 heavy (non-hydrogen) atoms. The normalized spacial score (nSPS) is 15.0. The summed E-state index contributed by atoms with van der Waals surface area (Å²) in [6.07, 6.45) is 2.45. The maximum absolute atomic E-state index is 11.4. The van der Waals surface area contributed by atoms with Crippen molar-refractivity contribution in [2.45, 2.75) is 19.4 Å². The monoisotopic (exact) mass is 227 g/mol. The molecule has 0 aliphatic carbocycles. The van der Waals surface area contributed by atoms with Gasteiger partial charge in [-0.25, -0.2) is 0 Å². The van der Waals surface area contributed by atoms with Crippen molar-refractivity contribution < 1.29 is 4.79 Å². The first-order valence-electron chi connectivity index (χ1n) is 4.73. The Hall–Kier alpha value is -1.36. The van der Waals surface area contributed by atoms with Gasteiger partial charge in [0.1, 0.15) is 11.4 Å². The van der Waals surface area contributed by atoms with E-state index >= 15 is 0 Å². The summed E-state index contributed by atoms with van der Waals surface area (Å²) in [5.74, 6) is 0.493. The standard InChI is InChI=1S/C9H10ClN3O2/c10-9-12-8(15)6(5-14)7-11-3-1-2-4-13(7)9/h5,11H,1-4H2. The highest BCUT2D eigenvalue weighted by atomic mass is 35.5. The van der Waals surface area contributed by atoms with E-state index in [0.717, 1.165) is 19.4 Å². The Labute approximate surface area is 91.1 Å². The van der Waals surface area contributed by atoms with Gasteiger partial charge in [-0.3, -0.25) is 9.59 Å². The van der Waals surface area contributed by atoms with Crippen LogP contribution < -0.4 is 10.9 Å². The van der Waals surface area contributed by atoms with Crippen LogP contribution in [0.3, 0.4) is 0 Å². The molecule has 0 atom stereocenters. The Kier molecular flexibility index (Phi) is 2.73. The van der Waals surface area contributed by atoms with Crippen molar-refractivity contribution in [1.82, 2.24) is 9.55 Å². The van der Waals surface area contributed by atoms with E-state index in [1.54, 1.807) is 4.57 Å². The summed E-state index contributed by atoms with van der Waals surface area (Å²) in [5.41, 5.74) is -0.517. The van der Waals surface area contributed by atoms with Gasteiger partial charge in [-0.15, -0.1) is 0 Å². The lowest BCUT2D eigenvalue weighted by Crippen LogP contribution is -2.21. The quantitative estimate of drug-likeness (QED) is 0.572. The smallest absolute Gasteiger partial charge is 0.286 e. The predicted molar refractivity (Wildman–Crippen MR) is 56.6 cm³/mol. The van der Waals surface area contributed by atoms with Crippen molar-refractivity contribution in [1.29, 1.82) is 0 Å². The highest BCUT2D eigenvalue weighted by molar-refractivity contribution is 6.28. The molecule has 0 aromatic carbocycles. The van der Waals surface area contributed by atoms with Crippen LogP contribution in [0, 0.1) is 0 Å². The van der Waals surface area contributed by atoms with E-state index in [1.165, 1.54) is 0 Å². The Bertz CT molecular complexity index is 455. The number of fused-ring (bicyclic) bond motifs is 1. The number of aldehydes is 1. The zero-order valence-corrected chi connectivity index (χ0v) is 8.75.